The molecular weight excluding hydrogens is 567 g/mol. The number of β-lactam (4-membered cyclic amide) rings is 1. The number of aliphatic carboxylic acids is 1. The monoisotopic (exact) mass is 595 g/mol. The second-order valence-corrected chi connectivity index (χ2v) is 11.8. The maximum Gasteiger partial charge on any atom is 0.300 e. The van der Waals surface area contributed by atoms with E-state index < -0.39 is 34.6 Å². The summed E-state index contributed by atoms with van der Waals surface area (Å²) in [6, 6.07) is 0.846. The lowest BCUT2D eigenvalue weighted by molar-refractivity contribution is -0.699. The molecule has 0 bridgehead atoms. The molecule has 6 N–H and O–H groups in total. The molecule has 3 atom stereocenters. The van der Waals surface area contributed by atoms with Crippen molar-refractivity contribution >= 4 is 75.1 Å². The van der Waals surface area contributed by atoms with Crippen LogP contribution in [-0.2, 0) is 26.3 Å². The molecule has 2 unspecified atom stereocenters. The number of rotatable bonds is 11. The molecule has 0 saturated carbocycles. The molecular formula is C22H29N9O5S3. The standard InChI is InChI=1S/C22H29N9O5S3/c1-4-25-13-6-12(23)27-21(30(13)3)39-10-22(19(34)35)8-31-17(33)15(18(31)38-9-22)28-16(32)14(29-36-5-2)11-7-37-20(24)26-11/h6-7,15,18H,4-5,8-10H2,1-3H3,(H6,23,24,25,26,28,32,34,35)/t15?,18-,22?/m1/s1. The van der Waals surface area contributed by atoms with Crippen LogP contribution in [0.1, 0.15) is 19.5 Å². The minimum absolute atomic E-state index is 0.0557. The Morgan fingerprint density at radius 3 is 2.79 bits per heavy atom. The van der Waals surface area contributed by atoms with Crippen LogP contribution in [0.25, 0.3) is 0 Å². The maximum absolute atomic E-state index is 13.0. The van der Waals surface area contributed by atoms with Gasteiger partial charge >= 0.3 is 5.16 Å². The highest BCUT2D eigenvalue weighted by Gasteiger charge is 2.56. The Kier molecular flexibility index (Phi) is 8.70. The van der Waals surface area contributed by atoms with Crippen LogP contribution in [-0.4, -0.2) is 81.0 Å². The van der Waals surface area contributed by atoms with Crippen LogP contribution in [0.3, 0.4) is 0 Å². The molecule has 2 saturated heterocycles. The molecule has 0 aromatic carbocycles. The molecule has 14 nitrogen and oxygen atoms in total. The number of aromatic nitrogens is 3. The molecule has 0 radical (unpaired) electrons. The lowest BCUT2D eigenvalue weighted by Crippen LogP contribution is -2.75. The second-order valence-electron chi connectivity index (χ2n) is 8.84. The Hall–Kier alpha value is -3.31. The van der Waals surface area contributed by atoms with Crippen molar-refractivity contribution in [2.24, 2.45) is 17.6 Å². The number of oxime groups is 1. The molecule has 39 heavy (non-hydrogen) atoms. The van der Waals surface area contributed by atoms with E-state index in [4.69, 9.17) is 16.3 Å². The van der Waals surface area contributed by atoms with E-state index in [0.29, 0.717) is 17.5 Å². The first kappa shape index (κ1) is 28.7. The zero-order valence-electron chi connectivity index (χ0n) is 21.5. The minimum Gasteiger partial charge on any atom is -0.549 e. The Morgan fingerprint density at radius 2 is 2.15 bits per heavy atom. The topological polar surface area (TPSA) is 205 Å². The van der Waals surface area contributed by atoms with Gasteiger partial charge in [-0.05, 0) is 13.8 Å². The Labute approximate surface area is 236 Å². The number of carbonyl (C=O) groups is 3. The number of carbonyl (C=O) groups excluding carboxylic acids is 3. The van der Waals surface area contributed by atoms with E-state index in [9.17, 15) is 19.5 Å². The van der Waals surface area contributed by atoms with Crippen LogP contribution in [0, 0.1) is 5.41 Å². The smallest absolute Gasteiger partial charge is 0.300 e. The van der Waals surface area contributed by atoms with Gasteiger partial charge in [0.2, 0.25) is 17.5 Å². The third kappa shape index (κ3) is 5.84. The van der Waals surface area contributed by atoms with E-state index in [1.54, 1.807) is 30.0 Å². The molecule has 17 heteroatoms. The molecule has 2 aliphatic heterocycles. The number of hydrogen-bond acceptors (Lipinski definition) is 14. The predicted molar refractivity (Wildman–Crippen MR) is 147 cm³/mol. The average molecular weight is 596 g/mol. The number of nitrogens with one attached hydrogen (secondary N) is 2. The molecule has 2 amide bonds. The zero-order chi connectivity index (χ0) is 28.3. The van der Waals surface area contributed by atoms with E-state index >= 15 is 0 Å². The van der Waals surface area contributed by atoms with Gasteiger partial charge in [-0.1, -0.05) is 21.9 Å². The van der Waals surface area contributed by atoms with Crippen molar-refractivity contribution in [2.75, 3.05) is 48.0 Å². The number of nitrogen functional groups attached to an aromatic ring is 2. The summed E-state index contributed by atoms with van der Waals surface area (Å²) >= 11 is 3.64. The molecule has 0 spiro atoms. The number of nitrogens with zero attached hydrogens (tertiary/aromatic N) is 5. The summed E-state index contributed by atoms with van der Waals surface area (Å²) in [5, 5.41) is 24.0. The molecule has 4 heterocycles. The minimum atomic E-state index is -1.33. The van der Waals surface area contributed by atoms with Gasteiger partial charge in [0.25, 0.3) is 5.91 Å². The van der Waals surface area contributed by atoms with Gasteiger partial charge < -0.3 is 41.7 Å². The number of fused-ring (bicyclic) bond motifs is 1. The van der Waals surface area contributed by atoms with Gasteiger partial charge in [0.05, 0.1) is 25.6 Å². The van der Waals surface area contributed by atoms with Crippen molar-refractivity contribution in [1.29, 1.82) is 0 Å². The SMILES string of the molecule is CCNc1cc(N)nc(SCC2(C(=O)[O-])CS[C@@H]3C(NC(=O)C(=NOCC)c4csc(N)n4)C(=O)N3C2)[n+]1C. The van der Waals surface area contributed by atoms with Crippen molar-refractivity contribution in [3.63, 3.8) is 0 Å². The van der Waals surface area contributed by atoms with E-state index in [1.165, 1.54) is 28.4 Å². The molecule has 4 rings (SSSR count). The molecule has 0 aliphatic carbocycles. The predicted octanol–water partition coefficient (Wildman–Crippen LogP) is -1.37. The molecule has 210 valence electrons. The highest BCUT2D eigenvalue weighted by atomic mass is 32.2. The van der Waals surface area contributed by atoms with Gasteiger partial charge in [0.1, 0.15) is 23.7 Å². The van der Waals surface area contributed by atoms with Crippen molar-refractivity contribution in [3.8, 4) is 0 Å². The zero-order valence-corrected chi connectivity index (χ0v) is 24.0. The van der Waals surface area contributed by atoms with Crippen molar-refractivity contribution in [3.05, 3.63) is 17.1 Å². The Morgan fingerprint density at radius 1 is 1.38 bits per heavy atom. The lowest BCUT2D eigenvalue weighted by Gasteiger charge is -2.55. The summed E-state index contributed by atoms with van der Waals surface area (Å²) < 4.78 is 1.80. The maximum atomic E-state index is 13.0. The number of carboxylic acids is 1. The van der Waals surface area contributed by atoms with Crippen molar-refractivity contribution < 1.29 is 28.9 Å². The third-order valence-corrected chi connectivity index (χ3v) is 9.70. The van der Waals surface area contributed by atoms with E-state index in [0.717, 1.165) is 17.2 Å². The number of nitrogens with two attached hydrogens (primary N) is 2. The van der Waals surface area contributed by atoms with Gasteiger partial charge in [-0.25, -0.2) is 9.55 Å². The number of thioether (sulfide) groups is 2. The summed E-state index contributed by atoms with van der Waals surface area (Å²) in [7, 11) is 1.80. The number of amides is 2. The summed E-state index contributed by atoms with van der Waals surface area (Å²) in [5.41, 5.74) is 10.4. The fourth-order valence-corrected chi connectivity index (χ4v) is 7.47. The first-order valence-corrected chi connectivity index (χ1v) is 14.9. The average Bonchev–Trinajstić information content (AvgIpc) is 3.34. The van der Waals surface area contributed by atoms with Gasteiger partial charge in [0, 0.05) is 28.8 Å². The molecule has 2 aliphatic rings. The van der Waals surface area contributed by atoms with Crippen LogP contribution in [0.2, 0.25) is 0 Å². The van der Waals surface area contributed by atoms with Crippen LogP contribution in [0.5, 0.6) is 0 Å². The first-order valence-electron chi connectivity index (χ1n) is 12.0. The van der Waals surface area contributed by atoms with Gasteiger partial charge in [0.15, 0.2) is 10.8 Å². The number of hydrogen-bond donors (Lipinski definition) is 4. The van der Waals surface area contributed by atoms with Crippen LogP contribution >= 0.6 is 34.9 Å². The fraction of sp³-hybridized carbons (Fsp3) is 0.500. The largest absolute Gasteiger partial charge is 0.549 e. The molecule has 2 fully saturated rings. The molecule has 2 aromatic rings. The van der Waals surface area contributed by atoms with Crippen LogP contribution in [0.4, 0.5) is 16.8 Å². The number of thiazole rings is 1. The van der Waals surface area contributed by atoms with Crippen LogP contribution in [0.15, 0.2) is 21.8 Å². The number of carboxylic acid groups (broad SMARTS) is 1. The highest BCUT2D eigenvalue weighted by Crippen LogP contribution is 2.44. The second kappa shape index (κ2) is 11.8. The van der Waals surface area contributed by atoms with E-state index in [1.807, 2.05) is 6.92 Å². The Bertz CT molecular complexity index is 1310. The van der Waals surface area contributed by atoms with Crippen molar-refractivity contribution in [2.45, 2.75) is 30.4 Å². The summed E-state index contributed by atoms with van der Waals surface area (Å²) in [6.45, 7) is 4.51. The molecule has 2 aromatic heterocycles. The van der Waals surface area contributed by atoms with E-state index in [-0.39, 0.29) is 41.2 Å². The van der Waals surface area contributed by atoms with Crippen LogP contribution < -0.4 is 31.8 Å². The van der Waals surface area contributed by atoms with Gasteiger partial charge in [-0.3, -0.25) is 9.59 Å². The Balaban J connectivity index is 1.45. The third-order valence-electron chi connectivity index (χ3n) is 6.12. The summed E-state index contributed by atoms with van der Waals surface area (Å²) in [6.07, 6.45) is 0. The number of anilines is 3. The summed E-state index contributed by atoms with van der Waals surface area (Å²) in [4.78, 5) is 53.3. The van der Waals surface area contributed by atoms with Crippen molar-refractivity contribution in [1.82, 2.24) is 20.2 Å². The van der Waals surface area contributed by atoms with Gasteiger partial charge in [-0.15, -0.1) is 23.1 Å². The van der Waals surface area contributed by atoms with Gasteiger partial charge in [-0.2, -0.15) is 0 Å². The lowest BCUT2D eigenvalue weighted by atomic mass is 9.89. The van der Waals surface area contributed by atoms with E-state index in [2.05, 4.69) is 25.8 Å². The summed E-state index contributed by atoms with van der Waals surface area (Å²) in [5.74, 6) is -0.955. The first-order chi connectivity index (χ1) is 18.6. The quantitative estimate of drug-likeness (QED) is 0.0593. The normalized spacial score (nSPS) is 22.6. The fourth-order valence-electron chi connectivity index (χ4n) is 4.08. The highest BCUT2D eigenvalue weighted by molar-refractivity contribution is 8.00.